The van der Waals surface area contributed by atoms with Crippen molar-refractivity contribution >= 4 is 36.5 Å². The topological polar surface area (TPSA) is 42.0 Å². The number of carbonyl (C=O) groups is 1. The maximum atomic E-state index is 10.7. The molecule has 12 heavy (non-hydrogen) atoms. The molecule has 0 fully saturated rings. The summed E-state index contributed by atoms with van der Waals surface area (Å²) in [6, 6.07) is 3.74. The van der Waals surface area contributed by atoms with Crippen LogP contribution in [0.3, 0.4) is 0 Å². The standard InChI is InChI=1S/C7H6N2O.2ClH/c10-6-4-5-2-1-3-8-7(5)9-6;;/h1-3H,4H2,(H,8,9,10);2*1H. The van der Waals surface area contributed by atoms with Crippen molar-refractivity contribution in [3.05, 3.63) is 23.9 Å². The van der Waals surface area contributed by atoms with E-state index < -0.39 is 0 Å². The molecule has 0 bridgehead atoms. The van der Waals surface area contributed by atoms with Crippen LogP contribution in [-0.2, 0) is 11.2 Å². The highest BCUT2D eigenvalue weighted by atomic mass is 35.5. The van der Waals surface area contributed by atoms with Crippen LogP contribution in [0.2, 0.25) is 0 Å². The van der Waals surface area contributed by atoms with Gasteiger partial charge in [-0.2, -0.15) is 0 Å². The molecule has 0 atom stereocenters. The van der Waals surface area contributed by atoms with Crippen LogP contribution in [0.1, 0.15) is 5.56 Å². The van der Waals surface area contributed by atoms with Crippen LogP contribution >= 0.6 is 24.8 Å². The van der Waals surface area contributed by atoms with Gasteiger partial charge in [0.1, 0.15) is 5.82 Å². The Morgan fingerprint density at radius 3 is 2.83 bits per heavy atom. The third kappa shape index (κ3) is 1.87. The average molecular weight is 207 g/mol. The number of anilines is 1. The van der Waals surface area contributed by atoms with E-state index in [1.54, 1.807) is 6.20 Å². The van der Waals surface area contributed by atoms with Gasteiger partial charge < -0.3 is 5.32 Å². The minimum Gasteiger partial charge on any atom is -0.310 e. The van der Waals surface area contributed by atoms with Gasteiger partial charge in [-0.25, -0.2) is 4.98 Å². The number of fused-ring (bicyclic) bond motifs is 1. The summed E-state index contributed by atoms with van der Waals surface area (Å²) in [6.07, 6.45) is 2.15. The number of rotatable bonds is 0. The van der Waals surface area contributed by atoms with E-state index in [2.05, 4.69) is 10.3 Å². The molecule has 1 aromatic rings. The first-order chi connectivity index (χ1) is 4.86. The van der Waals surface area contributed by atoms with Crippen LogP contribution < -0.4 is 5.32 Å². The number of carbonyl (C=O) groups excluding carboxylic acids is 1. The number of halogens is 2. The molecule has 1 amide bonds. The average Bonchev–Trinajstić information content (AvgIpc) is 2.27. The van der Waals surface area contributed by atoms with E-state index in [0.717, 1.165) is 5.56 Å². The highest BCUT2D eigenvalue weighted by Gasteiger charge is 2.16. The maximum Gasteiger partial charge on any atom is 0.230 e. The Morgan fingerprint density at radius 2 is 2.17 bits per heavy atom. The first-order valence-electron chi connectivity index (χ1n) is 3.10. The molecule has 66 valence electrons. The van der Waals surface area contributed by atoms with Crippen LogP contribution in [0, 0.1) is 0 Å². The Kier molecular flexibility index (Phi) is 4.00. The van der Waals surface area contributed by atoms with Gasteiger partial charge in [-0.15, -0.1) is 24.8 Å². The molecule has 1 N–H and O–H groups in total. The number of nitrogens with one attached hydrogen (secondary N) is 1. The predicted molar refractivity (Wildman–Crippen MR) is 51.1 cm³/mol. The fourth-order valence-electron chi connectivity index (χ4n) is 1.04. The molecule has 0 saturated heterocycles. The monoisotopic (exact) mass is 206 g/mol. The smallest absolute Gasteiger partial charge is 0.230 e. The van der Waals surface area contributed by atoms with E-state index in [1.165, 1.54) is 0 Å². The predicted octanol–water partition coefficient (Wildman–Crippen LogP) is 1.42. The summed E-state index contributed by atoms with van der Waals surface area (Å²) in [5.41, 5.74) is 0.993. The largest absolute Gasteiger partial charge is 0.310 e. The van der Waals surface area contributed by atoms with Crippen LogP contribution in [0.15, 0.2) is 18.3 Å². The van der Waals surface area contributed by atoms with Crippen molar-refractivity contribution in [1.82, 2.24) is 4.98 Å². The van der Waals surface area contributed by atoms with Gasteiger partial charge >= 0.3 is 0 Å². The van der Waals surface area contributed by atoms with Gasteiger partial charge in [0.25, 0.3) is 0 Å². The number of hydrogen-bond donors (Lipinski definition) is 1. The second-order valence-corrected chi connectivity index (χ2v) is 2.24. The lowest BCUT2D eigenvalue weighted by atomic mass is 10.2. The van der Waals surface area contributed by atoms with Gasteiger partial charge in [0, 0.05) is 11.8 Å². The zero-order chi connectivity index (χ0) is 6.97. The first-order valence-corrected chi connectivity index (χ1v) is 3.10. The Labute approximate surface area is 82.4 Å². The Balaban J connectivity index is 0.000000605. The second-order valence-electron chi connectivity index (χ2n) is 2.24. The van der Waals surface area contributed by atoms with Crippen molar-refractivity contribution < 1.29 is 4.79 Å². The fourth-order valence-corrected chi connectivity index (χ4v) is 1.04. The number of hydrogen-bond acceptors (Lipinski definition) is 2. The second kappa shape index (κ2) is 4.28. The summed E-state index contributed by atoms with van der Waals surface area (Å²) < 4.78 is 0. The maximum absolute atomic E-state index is 10.7. The Bertz CT molecular complexity index is 263. The van der Waals surface area contributed by atoms with Gasteiger partial charge in [0.05, 0.1) is 6.42 Å². The molecular formula is C7H8Cl2N2O. The lowest BCUT2D eigenvalue weighted by Crippen LogP contribution is -2.04. The van der Waals surface area contributed by atoms with Crippen molar-refractivity contribution in [2.75, 3.05) is 5.32 Å². The highest BCUT2D eigenvalue weighted by molar-refractivity contribution is 5.97. The SMILES string of the molecule is Cl.Cl.O=C1Cc2cccnc2N1. The molecule has 3 nitrogen and oxygen atoms in total. The van der Waals surface area contributed by atoms with Crippen molar-refractivity contribution in [3.63, 3.8) is 0 Å². The molecule has 0 aliphatic carbocycles. The molecule has 1 aliphatic heterocycles. The summed E-state index contributed by atoms with van der Waals surface area (Å²) in [7, 11) is 0. The molecule has 0 saturated carbocycles. The fraction of sp³-hybridized carbons (Fsp3) is 0.143. The van der Waals surface area contributed by atoms with E-state index in [0.29, 0.717) is 12.2 Å². The summed E-state index contributed by atoms with van der Waals surface area (Å²) in [6.45, 7) is 0. The van der Waals surface area contributed by atoms with E-state index in [9.17, 15) is 4.79 Å². The van der Waals surface area contributed by atoms with Crippen LogP contribution in [0.25, 0.3) is 0 Å². The minimum atomic E-state index is 0. The van der Waals surface area contributed by atoms with Crippen LogP contribution in [0.5, 0.6) is 0 Å². The molecule has 0 spiro atoms. The van der Waals surface area contributed by atoms with Gasteiger partial charge in [-0.05, 0) is 6.07 Å². The molecule has 2 heterocycles. The molecule has 5 heteroatoms. The zero-order valence-electron chi connectivity index (χ0n) is 6.11. The van der Waals surface area contributed by atoms with Crippen molar-refractivity contribution in [2.24, 2.45) is 0 Å². The third-order valence-corrected chi connectivity index (χ3v) is 1.50. The first kappa shape index (κ1) is 11.2. The number of aromatic nitrogens is 1. The lowest BCUT2D eigenvalue weighted by Gasteiger charge is -1.91. The number of pyridine rings is 1. The van der Waals surface area contributed by atoms with Gasteiger partial charge in [0.15, 0.2) is 0 Å². The normalized spacial score (nSPS) is 12.2. The zero-order valence-corrected chi connectivity index (χ0v) is 7.74. The molecular weight excluding hydrogens is 199 g/mol. The van der Waals surface area contributed by atoms with E-state index in [4.69, 9.17) is 0 Å². The minimum absolute atomic E-state index is 0. The molecule has 0 aromatic carbocycles. The number of amides is 1. The van der Waals surface area contributed by atoms with E-state index in [-0.39, 0.29) is 30.7 Å². The summed E-state index contributed by atoms with van der Waals surface area (Å²) in [5.74, 6) is 0.751. The molecule has 0 radical (unpaired) electrons. The quantitative estimate of drug-likeness (QED) is 0.698. The van der Waals surface area contributed by atoms with Crippen molar-refractivity contribution in [2.45, 2.75) is 6.42 Å². The summed E-state index contributed by atoms with van der Waals surface area (Å²) in [4.78, 5) is 14.7. The molecule has 2 rings (SSSR count). The lowest BCUT2D eigenvalue weighted by molar-refractivity contribution is -0.115. The van der Waals surface area contributed by atoms with Crippen molar-refractivity contribution in [3.8, 4) is 0 Å². The highest BCUT2D eigenvalue weighted by Crippen LogP contribution is 2.17. The Morgan fingerprint density at radius 1 is 1.42 bits per heavy atom. The summed E-state index contributed by atoms with van der Waals surface area (Å²) >= 11 is 0. The molecule has 0 unspecified atom stereocenters. The van der Waals surface area contributed by atoms with Crippen LogP contribution in [0.4, 0.5) is 5.82 Å². The Hall–Kier alpha value is -0.800. The van der Waals surface area contributed by atoms with E-state index >= 15 is 0 Å². The number of nitrogens with zero attached hydrogens (tertiary/aromatic N) is 1. The molecule has 1 aliphatic rings. The van der Waals surface area contributed by atoms with Gasteiger partial charge in [-0.3, -0.25) is 4.79 Å². The summed E-state index contributed by atoms with van der Waals surface area (Å²) in [5, 5.41) is 2.65. The van der Waals surface area contributed by atoms with Gasteiger partial charge in [-0.1, -0.05) is 6.07 Å². The molecule has 1 aromatic heterocycles. The third-order valence-electron chi connectivity index (χ3n) is 1.50. The van der Waals surface area contributed by atoms with Gasteiger partial charge in [0.2, 0.25) is 5.91 Å². The van der Waals surface area contributed by atoms with E-state index in [1.807, 2.05) is 12.1 Å². The van der Waals surface area contributed by atoms with Crippen molar-refractivity contribution in [1.29, 1.82) is 0 Å². The van der Waals surface area contributed by atoms with Crippen LogP contribution in [-0.4, -0.2) is 10.9 Å².